The van der Waals surface area contributed by atoms with Crippen molar-refractivity contribution in [3.05, 3.63) is 358 Å². The van der Waals surface area contributed by atoms with Gasteiger partial charge in [0.05, 0.1) is 69.8 Å². The van der Waals surface area contributed by atoms with E-state index < -0.39 is 0 Å². The number of benzene rings is 3. The van der Waals surface area contributed by atoms with Gasteiger partial charge in [0.2, 0.25) is 0 Å². The van der Waals surface area contributed by atoms with Crippen LogP contribution in [-0.4, -0.2) is 84.7 Å². The number of rotatable bonds is 0. The summed E-state index contributed by atoms with van der Waals surface area (Å²) in [6.07, 6.45) is 40.0. The fourth-order valence-corrected chi connectivity index (χ4v) is 6.59. The summed E-state index contributed by atoms with van der Waals surface area (Å²) in [5.41, 5.74) is 6.88. The van der Waals surface area contributed by atoms with E-state index in [4.69, 9.17) is 0 Å². The topological polar surface area (TPSA) is 270 Å². The molecule has 20 nitrogen and oxygen atoms in total. The van der Waals surface area contributed by atoms with Gasteiger partial charge in [-0.3, -0.25) is 15.1 Å². The molecule has 14 aromatic heterocycles. The van der Waals surface area contributed by atoms with E-state index in [0.717, 1.165) is 16.6 Å². The van der Waals surface area contributed by atoms with Crippen LogP contribution in [0.4, 0.5) is 0 Å². The van der Waals surface area contributed by atoms with Gasteiger partial charge >= 0.3 is 0 Å². The summed E-state index contributed by atoms with van der Waals surface area (Å²) >= 11 is 6.45. The molecule has 24 heteroatoms. The molecule has 0 unspecified atom stereocenters. The smallest absolute Gasteiger partial charge is 0.180 e. The summed E-state index contributed by atoms with van der Waals surface area (Å²) in [6.45, 7) is 0. The number of H-pyrrole nitrogens is 4. The molecule has 0 aliphatic rings. The molecule has 17 aromatic rings. The average molecular weight is 1230 g/mol. The largest absolute Gasteiger partial charge is 0.473 e. The number of imidazole rings is 2. The monoisotopic (exact) mass is 1230 g/mol. The normalized spacial score (nSPS) is 8.46. The Hall–Kier alpha value is -11.3. The molecular formula is C63H63N17O3S4. The van der Waals surface area contributed by atoms with Gasteiger partial charge in [0, 0.05) is 97.5 Å². The van der Waals surface area contributed by atoms with Gasteiger partial charge in [-0.15, -0.1) is 22.7 Å². The van der Waals surface area contributed by atoms with E-state index >= 15 is 0 Å². The number of thiazole rings is 2. The van der Waals surface area contributed by atoms with Crippen molar-refractivity contribution >= 4 is 66.8 Å². The first-order valence-electron chi connectivity index (χ1n) is 25.6. The number of pyridine rings is 1. The first kappa shape index (κ1) is 70.0. The number of nitrogens with zero attached hydrogens (tertiary/aromatic N) is 13. The van der Waals surface area contributed by atoms with Crippen molar-refractivity contribution in [1.82, 2.24) is 84.7 Å². The number of fused-ring (bicyclic) bond motifs is 2. The zero-order chi connectivity index (χ0) is 61.0. The summed E-state index contributed by atoms with van der Waals surface area (Å²) in [6, 6.07) is 56.3. The highest BCUT2D eigenvalue weighted by molar-refractivity contribution is 7.16. The number of hydrogen-bond acceptors (Lipinski definition) is 20. The van der Waals surface area contributed by atoms with Crippen molar-refractivity contribution in [3.63, 3.8) is 0 Å². The Balaban J connectivity index is 0.000000245. The molecule has 0 bridgehead atoms. The van der Waals surface area contributed by atoms with Crippen molar-refractivity contribution in [3.8, 4) is 0 Å². The second kappa shape index (κ2) is 57.9. The molecule has 0 aliphatic carbocycles. The maximum atomic E-state index is 4.58. The SMILES string of the molecule is c1c[nH]cn1.c1cc[nH]c1.c1ccc2[nH]cnc2c1.c1ccc2scnc2c1.c1ccccc1.c1ccncc1.c1ccnnc1.c1ccoc1.c1ccsc1.c1cn[nH]c1.c1cncnc1.c1cnoc1.c1cnsc1.c1cocn1.c1cscn1. The van der Waals surface area contributed by atoms with Crippen molar-refractivity contribution in [2.24, 2.45) is 0 Å². The van der Waals surface area contributed by atoms with E-state index in [-0.39, 0.29) is 0 Å². The van der Waals surface area contributed by atoms with E-state index in [1.54, 1.807) is 164 Å². The lowest BCUT2D eigenvalue weighted by atomic mass is 10.3. The Bertz CT molecular complexity index is 2760. The molecule has 0 saturated carbocycles. The van der Waals surface area contributed by atoms with Gasteiger partial charge in [0.25, 0.3) is 0 Å². The number of thiophene rings is 1. The molecule has 0 atom stereocenters. The molecule has 0 amide bonds. The predicted molar refractivity (Wildman–Crippen MR) is 349 cm³/mol. The third-order valence-corrected chi connectivity index (χ3v) is 10.8. The molecule has 0 aliphatic heterocycles. The Kier molecular flexibility index (Phi) is 46.6. The lowest BCUT2D eigenvalue weighted by molar-refractivity contribution is 0.420. The molecule has 14 heterocycles. The minimum absolute atomic E-state index is 1.03. The van der Waals surface area contributed by atoms with Gasteiger partial charge in [0.1, 0.15) is 18.9 Å². The van der Waals surface area contributed by atoms with Crippen molar-refractivity contribution in [1.29, 1.82) is 0 Å². The third kappa shape index (κ3) is 46.9. The molecule has 87 heavy (non-hydrogen) atoms. The number of hydrogen-bond donors (Lipinski definition) is 4. The Labute approximate surface area is 519 Å². The number of oxazole rings is 1. The molecular weight excluding hydrogens is 1170 g/mol. The number of aromatic amines is 4. The quantitative estimate of drug-likeness (QED) is 0.110. The van der Waals surface area contributed by atoms with Gasteiger partial charge in [0.15, 0.2) is 6.39 Å². The summed E-state index contributed by atoms with van der Waals surface area (Å²) in [7, 11) is 0. The van der Waals surface area contributed by atoms with Crippen molar-refractivity contribution in [2.75, 3.05) is 0 Å². The number of para-hydroxylation sites is 3. The van der Waals surface area contributed by atoms with E-state index in [1.165, 1.54) is 41.5 Å². The number of furan rings is 1. The minimum Gasteiger partial charge on any atom is -0.473 e. The Morgan fingerprint density at radius 1 is 0.379 bits per heavy atom. The van der Waals surface area contributed by atoms with Gasteiger partial charge in [-0.2, -0.15) is 26.6 Å². The molecule has 4 N–H and O–H groups in total. The molecule has 0 spiro atoms. The van der Waals surface area contributed by atoms with Gasteiger partial charge in [-0.1, -0.05) is 84.0 Å². The molecule has 442 valence electrons. The fraction of sp³-hybridized carbons (Fsp3) is 0. The number of aromatic nitrogens is 17. The lowest BCUT2D eigenvalue weighted by Crippen LogP contribution is -1.69. The maximum Gasteiger partial charge on any atom is 0.180 e. The predicted octanol–water partition coefficient (Wildman–Crippen LogP) is 16.1. The second-order valence-electron chi connectivity index (χ2n) is 14.5. The van der Waals surface area contributed by atoms with Crippen molar-refractivity contribution in [2.45, 2.75) is 0 Å². The van der Waals surface area contributed by atoms with Gasteiger partial charge < -0.3 is 28.3 Å². The van der Waals surface area contributed by atoms with Crippen molar-refractivity contribution < 1.29 is 13.4 Å². The second-order valence-corrected chi connectivity index (χ2v) is 17.6. The standard InChI is InChI=1S/C7H6N2.C7H5NS.C6H6.C5H5N.2C4H4N2.C4H5N.C4H4O.C4H4S.2C3H4N2.2C3H3NO.2C3H3NS/c2*1-2-4-7-6(3-1)8-5-9-7;2*1-2-4-6-5-3-1;1-2-5-4-6-3-1;1-2-4-6-5-3-1;3*1-2-4-5-3-1;1-2-5-3-4-1;1-2-4-5-3-1;1-2-5-3-4-1;1-2-4-5-3-1;1-2-5-3-4-1;1-2-4-5-3-1/h1-5H,(H,8,9);1-5H;1-6H;1-5H;2*1-4H;1-5H;2*1-4H;2*1-3H,(H,4,5);4*1-3H. The molecule has 0 fully saturated rings. The van der Waals surface area contributed by atoms with Gasteiger partial charge in [-0.05, 0) is 119 Å². The van der Waals surface area contributed by atoms with Crippen LogP contribution in [0, 0.1) is 0 Å². The zero-order valence-corrected chi connectivity index (χ0v) is 50.0. The molecule has 0 saturated heterocycles. The Morgan fingerprint density at radius 3 is 1.41 bits per heavy atom. The summed E-state index contributed by atoms with van der Waals surface area (Å²) in [4.78, 5) is 38.9. The van der Waals surface area contributed by atoms with E-state index in [0.29, 0.717) is 0 Å². The number of nitrogens with one attached hydrogen (secondary N) is 4. The average Bonchev–Trinajstić information content (AvgIpc) is 4.61. The van der Waals surface area contributed by atoms with Gasteiger partial charge in [-0.25, -0.2) is 34.3 Å². The summed E-state index contributed by atoms with van der Waals surface area (Å²) in [5, 5.41) is 24.6. The van der Waals surface area contributed by atoms with E-state index in [1.807, 2.05) is 197 Å². The fourth-order valence-electron chi connectivity index (χ4n) is 4.75. The van der Waals surface area contributed by atoms with Crippen LogP contribution < -0.4 is 0 Å². The highest BCUT2D eigenvalue weighted by atomic mass is 32.1. The first-order chi connectivity index (χ1) is 43.4. The highest BCUT2D eigenvalue weighted by Gasteiger charge is 1.90. The molecule has 0 radical (unpaired) electrons. The molecule has 17 rings (SSSR count). The third-order valence-electron chi connectivity index (χ3n) is 8.31. The summed E-state index contributed by atoms with van der Waals surface area (Å²) in [5.74, 6) is 0. The van der Waals surface area contributed by atoms with Crippen LogP contribution in [0.2, 0.25) is 0 Å². The maximum absolute atomic E-state index is 4.58. The van der Waals surface area contributed by atoms with Crippen LogP contribution in [0.15, 0.2) is 371 Å². The minimum atomic E-state index is 1.03. The van der Waals surface area contributed by atoms with E-state index in [2.05, 4.69) is 104 Å². The molecule has 3 aromatic carbocycles. The van der Waals surface area contributed by atoms with Crippen LogP contribution in [0.1, 0.15) is 0 Å². The first-order valence-corrected chi connectivity index (χ1v) is 29.2. The highest BCUT2D eigenvalue weighted by Crippen LogP contribution is 2.15. The zero-order valence-electron chi connectivity index (χ0n) is 46.7. The lowest BCUT2D eigenvalue weighted by Gasteiger charge is -1.81. The summed E-state index contributed by atoms with van der Waals surface area (Å²) < 4.78 is 18.4. The Morgan fingerprint density at radius 2 is 1.09 bits per heavy atom. The van der Waals surface area contributed by atoms with Crippen LogP contribution in [-0.2, 0) is 0 Å². The van der Waals surface area contributed by atoms with Crippen LogP contribution in [0.3, 0.4) is 0 Å². The van der Waals surface area contributed by atoms with Crippen LogP contribution in [0.5, 0.6) is 0 Å². The van der Waals surface area contributed by atoms with E-state index in [9.17, 15) is 0 Å². The van der Waals surface area contributed by atoms with Crippen LogP contribution in [0.25, 0.3) is 21.3 Å². The van der Waals surface area contributed by atoms with Crippen LogP contribution >= 0.6 is 45.5 Å².